The van der Waals surface area contributed by atoms with E-state index < -0.39 is 12.7 Å². The van der Waals surface area contributed by atoms with Crippen LogP contribution in [0.25, 0.3) is 0 Å². The van der Waals surface area contributed by atoms with Crippen LogP contribution in [-0.4, -0.2) is 57.8 Å². The summed E-state index contributed by atoms with van der Waals surface area (Å²) in [5.74, 6) is 0. The normalized spacial score (nSPS) is 26.0. The molecule has 7 nitrogen and oxygen atoms in total. The lowest BCUT2D eigenvalue weighted by atomic mass is 9.82. The van der Waals surface area contributed by atoms with E-state index in [0.717, 1.165) is 24.7 Å². The Morgan fingerprint density at radius 1 is 1.29 bits per heavy atom. The molecule has 1 aromatic rings. The number of ether oxygens (including phenoxy) is 1. The monoisotopic (exact) mass is 391 g/mol. The van der Waals surface area contributed by atoms with E-state index >= 15 is 0 Å². The molecule has 1 unspecified atom stereocenters. The molecule has 0 N–H and O–H groups in total. The van der Waals surface area contributed by atoms with Crippen molar-refractivity contribution in [3.8, 4) is 0 Å². The quantitative estimate of drug-likeness (QED) is 0.741. The summed E-state index contributed by atoms with van der Waals surface area (Å²) in [4.78, 5) is 14.0. The van der Waals surface area contributed by atoms with Crippen LogP contribution in [0.4, 0.5) is 4.79 Å². The topological polar surface area (TPSA) is 65.8 Å². The van der Waals surface area contributed by atoms with Gasteiger partial charge in [0.25, 0.3) is 0 Å². The van der Waals surface area contributed by atoms with Crippen molar-refractivity contribution in [1.82, 2.24) is 14.7 Å². The number of hydrogen-bond acceptors (Lipinski definition) is 5. The zero-order valence-electron chi connectivity index (χ0n) is 18.3. The average Bonchev–Trinajstić information content (AvgIpc) is 3.17. The zero-order chi connectivity index (χ0) is 20.7. The molecule has 1 aromatic heterocycles. The lowest BCUT2D eigenvalue weighted by molar-refractivity contribution is -0.0118. The molecule has 2 aliphatic rings. The van der Waals surface area contributed by atoms with Crippen molar-refractivity contribution in [3.63, 3.8) is 0 Å². The van der Waals surface area contributed by atoms with Crippen LogP contribution in [0.2, 0.25) is 0 Å². The number of piperidine rings is 1. The highest BCUT2D eigenvalue weighted by molar-refractivity contribution is 6.62. The number of carbonyl (C=O) groups excluding carboxylic acids is 1. The third kappa shape index (κ3) is 4.22. The maximum absolute atomic E-state index is 12.2. The van der Waals surface area contributed by atoms with Gasteiger partial charge in [-0.05, 0) is 60.8 Å². The second kappa shape index (κ2) is 7.37. The van der Waals surface area contributed by atoms with Crippen molar-refractivity contribution >= 4 is 18.7 Å². The summed E-state index contributed by atoms with van der Waals surface area (Å²) in [7, 11) is -0.393. The minimum Gasteiger partial charge on any atom is -0.444 e. The summed E-state index contributed by atoms with van der Waals surface area (Å²) < 4.78 is 19.9. The van der Waals surface area contributed by atoms with E-state index in [2.05, 4.69) is 32.8 Å². The van der Waals surface area contributed by atoms with E-state index in [9.17, 15) is 4.79 Å². The molecule has 0 spiro atoms. The minimum absolute atomic E-state index is 0.235. The first-order valence-electron chi connectivity index (χ1n) is 10.3. The van der Waals surface area contributed by atoms with Crippen molar-refractivity contribution in [1.29, 1.82) is 0 Å². The molecule has 3 rings (SSSR count). The Hall–Kier alpha value is -1.54. The Kier molecular flexibility index (Phi) is 5.58. The number of nitrogens with zero attached hydrogens (tertiary/aromatic N) is 3. The third-order valence-corrected chi connectivity index (χ3v) is 6.10. The van der Waals surface area contributed by atoms with Gasteiger partial charge in [0, 0.05) is 30.9 Å². The molecule has 156 valence electrons. The average molecular weight is 391 g/mol. The molecule has 0 saturated carbocycles. The summed E-state index contributed by atoms with van der Waals surface area (Å²) >= 11 is 0. The van der Waals surface area contributed by atoms with E-state index in [1.165, 1.54) is 0 Å². The fourth-order valence-corrected chi connectivity index (χ4v) is 3.75. The third-order valence-electron chi connectivity index (χ3n) is 6.10. The number of amides is 1. The molecule has 0 aliphatic carbocycles. The Morgan fingerprint density at radius 2 is 1.93 bits per heavy atom. The van der Waals surface area contributed by atoms with Crippen molar-refractivity contribution in [2.45, 2.75) is 90.6 Å². The van der Waals surface area contributed by atoms with Crippen LogP contribution in [0.5, 0.6) is 0 Å². The first-order valence-corrected chi connectivity index (χ1v) is 10.3. The van der Waals surface area contributed by atoms with Gasteiger partial charge in [-0.2, -0.15) is 5.10 Å². The van der Waals surface area contributed by atoms with Gasteiger partial charge in [0.15, 0.2) is 0 Å². The maximum atomic E-state index is 12.2. The molecule has 2 saturated heterocycles. The van der Waals surface area contributed by atoms with Gasteiger partial charge in [-0.3, -0.25) is 4.68 Å². The fourth-order valence-electron chi connectivity index (χ4n) is 3.75. The van der Waals surface area contributed by atoms with Crippen LogP contribution in [0, 0.1) is 0 Å². The first kappa shape index (κ1) is 21.2. The second-order valence-electron chi connectivity index (χ2n) is 9.61. The van der Waals surface area contributed by atoms with Crippen molar-refractivity contribution < 1.29 is 18.8 Å². The van der Waals surface area contributed by atoms with Crippen LogP contribution in [-0.2, 0) is 14.0 Å². The molecule has 1 atom stereocenters. The smallest absolute Gasteiger partial charge is 0.444 e. The number of aromatic nitrogens is 2. The lowest BCUT2D eigenvalue weighted by Crippen LogP contribution is -2.44. The number of rotatable bonds is 3. The Morgan fingerprint density at radius 3 is 2.46 bits per heavy atom. The van der Waals surface area contributed by atoms with Gasteiger partial charge >= 0.3 is 13.2 Å². The van der Waals surface area contributed by atoms with Gasteiger partial charge in [0.05, 0.1) is 17.2 Å². The van der Waals surface area contributed by atoms with Gasteiger partial charge < -0.3 is 18.9 Å². The predicted octanol–water partition coefficient (Wildman–Crippen LogP) is 3.14. The van der Waals surface area contributed by atoms with Gasteiger partial charge in [0.1, 0.15) is 5.60 Å². The molecule has 28 heavy (non-hydrogen) atoms. The fraction of sp³-hybridized carbons (Fsp3) is 0.800. The largest absolute Gasteiger partial charge is 0.498 e. The van der Waals surface area contributed by atoms with Gasteiger partial charge in [-0.15, -0.1) is 0 Å². The first-order chi connectivity index (χ1) is 12.9. The molecule has 0 radical (unpaired) electrons. The van der Waals surface area contributed by atoms with E-state index in [-0.39, 0.29) is 23.3 Å². The van der Waals surface area contributed by atoms with Crippen LogP contribution >= 0.6 is 0 Å². The molecule has 1 amide bonds. The molecular formula is C20H34BN3O4. The number of hydrogen-bond donors (Lipinski definition) is 0. The molecule has 0 aromatic carbocycles. The maximum Gasteiger partial charge on any atom is 0.498 e. The highest BCUT2D eigenvalue weighted by Crippen LogP contribution is 2.39. The predicted molar refractivity (Wildman–Crippen MR) is 109 cm³/mol. The molecule has 8 heteroatoms. The highest BCUT2D eigenvalue weighted by Gasteiger charge is 2.53. The Balaban J connectivity index is 1.60. The Labute approximate surface area is 168 Å². The highest BCUT2D eigenvalue weighted by atomic mass is 16.7. The SMILES string of the molecule is CCC1(C)OB(c2cnn(C3CCN(C(=O)OC(C)(C)C)CC3)c2)OC1(C)C. The van der Waals surface area contributed by atoms with Crippen LogP contribution in [0.15, 0.2) is 12.4 Å². The van der Waals surface area contributed by atoms with Crippen molar-refractivity contribution in [2.24, 2.45) is 0 Å². The summed E-state index contributed by atoms with van der Waals surface area (Å²) in [6, 6.07) is 0.263. The summed E-state index contributed by atoms with van der Waals surface area (Å²) in [5, 5.41) is 4.56. The number of carbonyl (C=O) groups is 1. The lowest BCUT2D eigenvalue weighted by Gasteiger charge is -2.35. The molecule has 2 fully saturated rings. The minimum atomic E-state index is -0.465. The summed E-state index contributed by atoms with van der Waals surface area (Å²) in [5.41, 5.74) is -0.196. The second-order valence-corrected chi connectivity index (χ2v) is 9.61. The van der Waals surface area contributed by atoms with Gasteiger partial charge in [-0.1, -0.05) is 6.92 Å². The van der Waals surface area contributed by atoms with Crippen molar-refractivity contribution in [3.05, 3.63) is 12.4 Å². The van der Waals surface area contributed by atoms with E-state index in [4.69, 9.17) is 14.0 Å². The molecule has 0 bridgehead atoms. The van der Waals surface area contributed by atoms with Crippen LogP contribution < -0.4 is 5.46 Å². The van der Waals surface area contributed by atoms with Crippen molar-refractivity contribution in [2.75, 3.05) is 13.1 Å². The van der Waals surface area contributed by atoms with E-state index in [0.29, 0.717) is 13.1 Å². The van der Waals surface area contributed by atoms with Crippen LogP contribution in [0.3, 0.4) is 0 Å². The van der Waals surface area contributed by atoms with E-state index in [1.54, 1.807) is 4.90 Å². The van der Waals surface area contributed by atoms with E-state index in [1.807, 2.05) is 37.8 Å². The zero-order valence-corrected chi connectivity index (χ0v) is 18.3. The summed E-state index contributed by atoms with van der Waals surface area (Å²) in [6.07, 6.45) is 6.21. The molecule has 3 heterocycles. The van der Waals surface area contributed by atoms with Gasteiger partial charge in [0.2, 0.25) is 0 Å². The molecular weight excluding hydrogens is 357 g/mol. The summed E-state index contributed by atoms with van der Waals surface area (Å²) in [6.45, 7) is 15.4. The molecule has 2 aliphatic heterocycles. The standard InChI is InChI=1S/C20H34BN3O4/c1-8-20(7)19(5,6)27-21(28-20)15-13-22-24(14-15)16-9-11-23(12-10-16)17(25)26-18(2,3)4/h13-14,16H,8-12H2,1-7H3. The van der Waals surface area contributed by atoms with Crippen LogP contribution in [0.1, 0.15) is 73.8 Å². The van der Waals surface area contributed by atoms with Gasteiger partial charge in [-0.25, -0.2) is 4.79 Å². The Bertz CT molecular complexity index is 707. The number of likely N-dealkylation sites (tertiary alicyclic amines) is 1.